The number of aliphatic hydroxyl groups excluding tert-OH is 2. The van der Waals surface area contributed by atoms with Crippen LogP contribution in [0.1, 0.15) is 19.3 Å². The first-order chi connectivity index (χ1) is 7.29. The molecule has 1 heterocycles. The second kappa shape index (κ2) is 4.78. The molecule has 15 heavy (non-hydrogen) atoms. The molecule has 2 fully saturated rings. The molecule has 0 aromatic rings. The number of rotatable bonds is 6. The van der Waals surface area contributed by atoms with Gasteiger partial charge in [-0.15, -0.1) is 0 Å². The van der Waals surface area contributed by atoms with Crippen molar-refractivity contribution in [3.63, 3.8) is 0 Å². The quantitative estimate of drug-likeness (QED) is 0.646. The van der Waals surface area contributed by atoms with Gasteiger partial charge < -0.3 is 14.9 Å². The van der Waals surface area contributed by atoms with E-state index in [1.807, 2.05) is 0 Å². The summed E-state index contributed by atoms with van der Waals surface area (Å²) in [6, 6.07) is 0.640. The lowest BCUT2D eigenvalue weighted by molar-refractivity contribution is 0.0478. The van der Waals surface area contributed by atoms with Gasteiger partial charge in [-0.2, -0.15) is 0 Å². The third-order valence-corrected chi connectivity index (χ3v) is 3.51. The molecule has 88 valence electrons. The fourth-order valence-electron chi connectivity index (χ4n) is 2.34. The molecule has 4 nitrogen and oxygen atoms in total. The molecule has 1 saturated carbocycles. The van der Waals surface area contributed by atoms with Crippen molar-refractivity contribution in [3.8, 4) is 0 Å². The summed E-state index contributed by atoms with van der Waals surface area (Å²) in [5, 5.41) is 18.5. The fraction of sp³-hybridized carbons (Fsp3) is 1.00. The van der Waals surface area contributed by atoms with Crippen LogP contribution in [0.15, 0.2) is 0 Å². The zero-order valence-corrected chi connectivity index (χ0v) is 9.19. The fourth-order valence-corrected chi connectivity index (χ4v) is 2.34. The van der Waals surface area contributed by atoms with Gasteiger partial charge in [-0.1, -0.05) is 0 Å². The second-order valence-electron chi connectivity index (χ2n) is 4.89. The Balaban J connectivity index is 1.90. The Kier molecular flexibility index (Phi) is 3.61. The third-order valence-electron chi connectivity index (χ3n) is 3.51. The second-order valence-corrected chi connectivity index (χ2v) is 4.89. The van der Waals surface area contributed by atoms with E-state index in [0.717, 1.165) is 26.1 Å². The lowest BCUT2D eigenvalue weighted by atomic mass is 9.87. The van der Waals surface area contributed by atoms with Gasteiger partial charge in [-0.05, 0) is 19.3 Å². The summed E-state index contributed by atoms with van der Waals surface area (Å²) in [7, 11) is 0. The van der Waals surface area contributed by atoms with Crippen LogP contribution in [0.4, 0.5) is 0 Å². The standard InChI is InChI=1S/C11H21NO3/c13-5-4-12(10-1-2-10)7-11(8-14)3-6-15-9-11/h10,13-14H,1-9H2. The van der Waals surface area contributed by atoms with Crippen LogP contribution in [0.2, 0.25) is 0 Å². The summed E-state index contributed by atoms with van der Waals surface area (Å²) >= 11 is 0. The van der Waals surface area contributed by atoms with Crippen molar-refractivity contribution in [3.05, 3.63) is 0 Å². The third kappa shape index (κ3) is 2.69. The smallest absolute Gasteiger partial charge is 0.0558 e. The van der Waals surface area contributed by atoms with E-state index in [1.54, 1.807) is 0 Å². The summed E-state index contributed by atoms with van der Waals surface area (Å²) < 4.78 is 5.38. The van der Waals surface area contributed by atoms with Crippen molar-refractivity contribution < 1.29 is 14.9 Å². The van der Waals surface area contributed by atoms with Crippen LogP contribution in [0.3, 0.4) is 0 Å². The predicted octanol–water partition coefficient (Wildman–Crippen LogP) is -0.158. The Morgan fingerprint density at radius 2 is 2.13 bits per heavy atom. The van der Waals surface area contributed by atoms with Gasteiger partial charge in [0.25, 0.3) is 0 Å². The van der Waals surface area contributed by atoms with Crippen LogP contribution in [0, 0.1) is 5.41 Å². The zero-order valence-electron chi connectivity index (χ0n) is 9.19. The van der Waals surface area contributed by atoms with Gasteiger partial charge in [0.1, 0.15) is 0 Å². The topological polar surface area (TPSA) is 52.9 Å². The minimum Gasteiger partial charge on any atom is -0.396 e. The van der Waals surface area contributed by atoms with Gasteiger partial charge in [-0.25, -0.2) is 0 Å². The highest BCUT2D eigenvalue weighted by Gasteiger charge is 2.39. The first-order valence-electron chi connectivity index (χ1n) is 5.83. The Morgan fingerprint density at radius 3 is 2.60 bits per heavy atom. The van der Waals surface area contributed by atoms with Crippen molar-refractivity contribution >= 4 is 0 Å². The largest absolute Gasteiger partial charge is 0.396 e. The number of aliphatic hydroxyl groups is 2. The molecular formula is C11H21NO3. The monoisotopic (exact) mass is 215 g/mol. The van der Waals surface area contributed by atoms with E-state index >= 15 is 0 Å². The van der Waals surface area contributed by atoms with Crippen molar-refractivity contribution in [2.75, 3.05) is 39.5 Å². The van der Waals surface area contributed by atoms with Crippen molar-refractivity contribution in [2.24, 2.45) is 5.41 Å². The summed E-state index contributed by atoms with van der Waals surface area (Å²) in [4.78, 5) is 2.31. The minimum atomic E-state index is -0.0717. The lowest BCUT2D eigenvalue weighted by Crippen LogP contribution is -2.43. The van der Waals surface area contributed by atoms with Crippen molar-refractivity contribution in [1.82, 2.24) is 4.90 Å². The van der Waals surface area contributed by atoms with Crippen LogP contribution in [0.5, 0.6) is 0 Å². The van der Waals surface area contributed by atoms with Crippen LogP contribution in [-0.4, -0.2) is 60.7 Å². The normalized spacial score (nSPS) is 31.4. The maximum atomic E-state index is 9.47. The van der Waals surface area contributed by atoms with Crippen LogP contribution in [-0.2, 0) is 4.74 Å². The minimum absolute atomic E-state index is 0.0717. The van der Waals surface area contributed by atoms with Crippen molar-refractivity contribution in [1.29, 1.82) is 0 Å². The first-order valence-corrected chi connectivity index (χ1v) is 5.83. The zero-order chi connectivity index (χ0) is 10.7. The molecule has 1 aliphatic carbocycles. The van der Waals surface area contributed by atoms with E-state index < -0.39 is 0 Å². The SMILES string of the molecule is OCCN(CC1(CO)CCOC1)C1CC1. The molecule has 0 aromatic heterocycles. The van der Waals surface area contributed by atoms with Gasteiger partial charge in [0, 0.05) is 31.2 Å². The molecule has 2 N–H and O–H groups in total. The average molecular weight is 215 g/mol. The van der Waals surface area contributed by atoms with Gasteiger partial charge >= 0.3 is 0 Å². The number of hydrogen-bond donors (Lipinski definition) is 2. The van der Waals surface area contributed by atoms with Crippen LogP contribution in [0.25, 0.3) is 0 Å². The van der Waals surface area contributed by atoms with E-state index in [0.29, 0.717) is 12.6 Å². The molecule has 2 rings (SSSR count). The van der Waals surface area contributed by atoms with E-state index in [9.17, 15) is 5.11 Å². The van der Waals surface area contributed by atoms with Gasteiger partial charge in [0.05, 0.1) is 19.8 Å². The Bertz CT molecular complexity index is 200. The molecule has 1 saturated heterocycles. The molecule has 1 aliphatic heterocycles. The maximum absolute atomic E-state index is 9.47. The van der Waals surface area contributed by atoms with Gasteiger partial charge in [0.2, 0.25) is 0 Å². The van der Waals surface area contributed by atoms with Crippen LogP contribution >= 0.6 is 0 Å². The number of ether oxygens (including phenoxy) is 1. The molecule has 1 unspecified atom stereocenters. The Morgan fingerprint density at radius 1 is 1.33 bits per heavy atom. The Labute approximate surface area is 90.8 Å². The van der Waals surface area contributed by atoms with Crippen molar-refractivity contribution in [2.45, 2.75) is 25.3 Å². The summed E-state index contributed by atoms with van der Waals surface area (Å²) in [6.07, 6.45) is 3.42. The predicted molar refractivity (Wildman–Crippen MR) is 56.6 cm³/mol. The lowest BCUT2D eigenvalue weighted by Gasteiger charge is -2.32. The molecule has 1 atom stereocenters. The highest BCUT2D eigenvalue weighted by atomic mass is 16.5. The molecule has 0 bridgehead atoms. The van der Waals surface area contributed by atoms with E-state index in [-0.39, 0.29) is 18.6 Å². The van der Waals surface area contributed by atoms with Crippen LogP contribution < -0.4 is 0 Å². The first kappa shape index (κ1) is 11.3. The molecule has 0 spiro atoms. The highest BCUT2D eigenvalue weighted by Crippen LogP contribution is 2.34. The van der Waals surface area contributed by atoms with Gasteiger partial charge in [-0.3, -0.25) is 4.90 Å². The molecule has 2 aliphatic rings. The molecular weight excluding hydrogens is 194 g/mol. The molecule has 0 radical (unpaired) electrons. The van der Waals surface area contributed by atoms with E-state index in [4.69, 9.17) is 9.84 Å². The number of nitrogens with zero attached hydrogens (tertiary/aromatic N) is 1. The number of hydrogen-bond acceptors (Lipinski definition) is 4. The molecule has 0 amide bonds. The summed E-state index contributed by atoms with van der Waals surface area (Å²) in [5.41, 5.74) is -0.0717. The Hall–Kier alpha value is -0.160. The van der Waals surface area contributed by atoms with Gasteiger partial charge in [0.15, 0.2) is 0 Å². The van der Waals surface area contributed by atoms with E-state index in [2.05, 4.69) is 4.90 Å². The highest BCUT2D eigenvalue weighted by molar-refractivity contribution is 4.92. The molecule has 0 aromatic carbocycles. The average Bonchev–Trinajstić information content (AvgIpc) is 3.00. The summed E-state index contributed by atoms with van der Waals surface area (Å²) in [5.74, 6) is 0. The van der Waals surface area contributed by atoms with E-state index in [1.165, 1.54) is 12.8 Å². The maximum Gasteiger partial charge on any atom is 0.0558 e. The summed E-state index contributed by atoms with van der Waals surface area (Å²) in [6.45, 7) is 3.43. The molecule has 4 heteroatoms.